The fourth-order valence-electron chi connectivity index (χ4n) is 3.36. The number of halogens is 1. The van der Waals surface area contributed by atoms with Crippen LogP contribution in [0.1, 0.15) is 43.6 Å². The topological polar surface area (TPSA) is 68.0 Å². The van der Waals surface area contributed by atoms with Crippen LogP contribution >= 0.6 is 11.6 Å². The molecule has 0 bridgehead atoms. The predicted octanol–water partition coefficient (Wildman–Crippen LogP) is 5.48. The summed E-state index contributed by atoms with van der Waals surface area (Å²) in [5.74, 6) is -0.0164. The van der Waals surface area contributed by atoms with Gasteiger partial charge in [-0.05, 0) is 31.0 Å². The molecule has 5 nitrogen and oxygen atoms in total. The Balaban J connectivity index is 2.15. The number of nitrogens with zero attached hydrogens (tertiary/aromatic N) is 3. The Labute approximate surface area is 175 Å². The van der Waals surface area contributed by atoms with Crippen LogP contribution in [0, 0.1) is 0 Å². The van der Waals surface area contributed by atoms with Crippen molar-refractivity contribution in [3.8, 4) is 11.3 Å². The lowest BCUT2D eigenvalue weighted by molar-refractivity contribution is -0.130. The highest BCUT2D eigenvalue weighted by Crippen LogP contribution is 2.31. The molecule has 0 radical (unpaired) electrons. The van der Waals surface area contributed by atoms with E-state index in [4.69, 9.17) is 11.6 Å². The van der Waals surface area contributed by atoms with Crippen LogP contribution in [-0.4, -0.2) is 25.6 Å². The molecular weight excluding hydrogens is 386 g/mol. The van der Waals surface area contributed by atoms with E-state index in [1.165, 1.54) is 0 Å². The number of aliphatic carboxylic acids is 1. The van der Waals surface area contributed by atoms with E-state index in [1.54, 1.807) is 37.7 Å². The van der Waals surface area contributed by atoms with Gasteiger partial charge in [0.15, 0.2) is 0 Å². The lowest BCUT2D eigenvalue weighted by Gasteiger charge is -2.15. The van der Waals surface area contributed by atoms with Crippen molar-refractivity contribution < 1.29 is 9.90 Å². The van der Waals surface area contributed by atoms with Crippen molar-refractivity contribution in [3.63, 3.8) is 0 Å². The predicted molar refractivity (Wildman–Crippen MR) is 116 cm³/mol. The van der Waals surface area contributed by atoms with Crippen LogP contribution in [0.4, 0.5) is 0 Å². The molecule has 6 heteroatoms. The molecule has 0 aliphatic rings. The second-order valence-corrected chi connectivity index (χ2v) is 7.18. The number of rotatable bonds is 8. The smallest absolute Gasteiger partial charge is 0.335 e. The number of carbonyl (C=O) groups is 1. The second kappa shape index (κ2) is 9.52. The van der Waals surface area contributed by atoms with Gasteiger partial charge in [0.25, 0.3) is 0 Å². The molecular formula is C23H24ClN3O2. The minimum Gasteiger partial charge on any atom is -0.478 e. The largest absolute Gasteiger partial charge is 0.478 e. The summed E-state index contributed by atoms with van der Waals surface area (Å²) >= 11 is 6.41. The SMILES string of the molecule is CC=C(C(=O)O)c1ccncc1-c1cnc(CCCC)n1Cc1ccccc1Cl. The first-order chi connectivity index (χ1) is 14.1. The van der Waals surface area contributed by atoms with E-state index >= 15 is 0 Å². The fourth-order valence-corrected chi connectivity index (χ4v) is 3.56. The molecule has 0 saturated carbocycles. The number of carboxylic acid groups (broad SMARTS) is 1. The number of aromatic nitrogens is 3. The number of unbranched alkanes of at least 4 members (excludes halogenated alkanes) is 1. The van der Waals surface area contributed by atoms with Gasteiger partial charge < -0.3 is 9.67 Å². The Hall–Kier alpha value is -2.92. The van der Waals surface area contributed by atoms with E-state index in [0.717, 1.165) is 41.9 Å². The molecule has 0 atom stereocenters. The minimum atomic E-state index is -0.969. The Kier molecular flexibility index (Phi) is 6.83. The van der Waals surface area contributed by atoms with Crippen LogP contribution < -0.4 is 0 Å². The summed E-state index contributed by atoms with van der Waals surface area (Å²) in [4.78, 5) is 20.7. The van der Waals surface area contributed by atoms with Crippen LogP contribution in [-0.2, 0) is 17.8 Å². The van der Waals surface area contributed by atoms with Crippen molar-refractivity contribution in [1.82, 2.24) is 14.5 Å². The van der Waals surface area contributed by atoms with Gasteiger partial charge in [0.1, 0.15) is 5.82 Å². The second-order valence-electron chi connectivity index (χ2n) is 6.77. The van der Waals surface area contributed by atoms with E-state index < -0.39 is 5.97 Å². The molecule has 0 amide bonds. The molecule has 2 aromatic heterocycles. The van der Waals surface area contributed by atoms with Crippen LogP contribution in [0.3, 0.4) is 0 Å². The summed E-state index contributed by atoms with van der Waals surface area (Å²) in [5.41, 5.74) is 3.42. The van der Waals surface area contributed by atoms with Crippen LogP contribution in [0.25, 0.3) is 16.8 Å². The summed E-state index contributed by atoms with van der Waals surface area (Å²) in [7, 11) is 0. The lowest BCUT2D eigenvalue weighted by Crippen LogP contribution is -2.09. The Morgan fingerprint density at radius 3 is 2.72 bits per heavy atom. The summed E-state index contributed by atoms with van der Waals surface area (Å²) < 4.78 is 2.12. The lowest BCUT2D eigenvalue weighted by atomic mass is 9.99. The van der Waals surface area contributed by atoms with Crippen LogP contribution in [0.15, 0.2) is 55.0 Å². The minimum absolute atomic E-state index is 0.239. The number of hydrogen-bond acceptors (Lipinski definition) is 3. The highest BCUT2D eigenvalue weighted by molar-refractivity contribution is 6.31. The molecule has 2 heterocycles. The van der Waals surface area contributed by atoms with Gasteiger partial charge in [0, 0.05) is 35.0 Å². The van der Waals surface area contributed by atoms with Gasteiger partial charge in [-0.15, -0.1) is 0 Å². The fraction of sp³-hybridized carbons (Fsp3) is 0.261. The van der Waals surface area contributed by atoms with Gasteiger partial charge in [0.05, 0.1) is 24.0 Å². The number of benzene rings is 1. The van der Waals surface area contributed by atoms with E-state index in [0.29, 0.717) is 17.1 Å². The molecule has 0 fully saturated rings. The maximum Gasteiger partial charge on any atom is 0.335 e. The van der Waals surface area contributed by atoms with Crippen molar-refractivity contribution in [1.29, 1.82) is 0 Å². The summed E-state index contributed by atoms with van der Waals surface area (Å²) in [6.07, 6.45) is 9.64. The first kappa shape index (κ1) is 20.8. The molecule has 0 spiro atoms. The normalized spacial score (nSPS) is 11.6. The molecule has 0 unspecified atom stereocenters. The maximum atomic E-state index is 11.8. The number of pyridine rings is 1. The molecule has 29 heavy (non-hydrogen) atoms. The number of carboxylic acids is 1. The van der Waals surface area contributed by atoms with Crippen LogP contribution in [0.2, 0.25) is 5.02 Å². The molecule has 0 aliphatic heterocycles. The molecule has 1 aromatic carbocycles. The Morgan fingerprint density at radius 1 is 1.24 bits per heavy atom. The average Bonchev–Trinajstić information content (AvgIpc) is 3.11. The van der Waals surface area contributed by atoms with Gasteiger partial charge in [-0.1, -0.05) is 49.2 Å². The van der Waals surface area contributed by atoms with Gasteiger partial charge in [-0.2, -0.15) is 0 Å². The van der Waals surface area contributed by atoms with Crippen molar-refractivity contribution in [2.45, 2.75) is 39.7 Å². The molecule has 1 N–H and O–H groups in total. The van der Waals surface area contributed by atoms with E-state index in [9.17, 15) is 9.90 Å². The average molecular weight is 410 g/mol. The van der Waals surface area contributed by atoms with E-state index in [1.807, 2.05) is 24.3 Å². The third kappa shape index (κ3) is 4.57. The first-order valence-corrected chi connectivity index (χ1v) is 10.1. The zero-order chi connectivity index (χ0) is 20.8. The molecule has 0 aliphatic carbocycles. The van der Waals surface area contributed by atoms with Gasteiger partial charge in [-0.3, -0.25) is 4.98 Å². The molecule has 0 saturated heterocycles. The third-order valence-electron chi connectivity index (χ3n) is 4.88. The quantitative estimate of drug-likeness (QED) is 0.500. The monoisotopic (exact) mass is 409 g/mol. The number of hydrogen-bond donors (Lipinski definition) is 1. The standard InChI is InChI=1S/C23H24ClN3O2/c1-3-5-10-22-26-14-21(27(22)15-16-8-6-7-9-20(16)24)19-13-25-12-11-18(19)17(4-2)23(28)29/h4,6-9,11-14H,3,5,10,15H2,1-2H3,(H,28,29). The Bertz CT molecular complexity index is 1040. The molecule has 3 rings (SSSR count). The van der Waals surface area contributed by atoms with Crippen molar-refractivity contribution in [2.24, 2.45) is 0 Å². The van der Waals surface area contributed by atoms with E-state index in [-0.39, 0.29) is 5.57 Å². The zero-order valence-corrected chi connectivity index (χ0v) is 17.4. The Morgan fingerprint density at radius 2 is 2.03 bits per heavy atom. The number of aryl methyl sites for hydroxylation is 1. The van der Waals surface area contributed by atoms with Crippen molar-refractivity contribution in [2.75, 3.05) is 0 Å². The van der Waals surface area contributed by atoms with E-state index in [2.05, 4.69) is 21.5 Å². The number of imidazole rings is 1. The highest BCUT2D eigenvalue weighted by Gasteiger charge is 2.20. The van der Waals surface area contributed by atoms with Gasteiger partial charge >= 0.3 is 5.97 Å². The number of allylic oxidation sites excluding steroid dienone is 1. The van der Waals surface area contributed by atoms with Gasteiger partial charge in [-0.25, -0.2) is 9.78 Å². The highest BCUT2D eigenvalue weighted by atomic mass is 35.5. The molecule has 150 valence electrons. The van der Waals surface area contributed by atoms with Crippen molar-refractivity contribution >= 4 is 23.1 Å². The summed E-state index contributed by atoms with van der Waals surface area (Å²) in [5, 5.41) is 10.3. The first-order valence-electron chi connectivity index (χ1n) is 9.69. The zero-order valence-electron chi connectivity index (χ0n) is 16.6. The van der Waals surface area contributed by atoms with Crippen molar-refractivity contribution in [3.05, 3.63) is 77.0 Å². The maximum absolute atomic E-state index is 11.8. The molecule has 3 aromatic rings. The summed E-state index contributed by atoms with van der Waals surface area (Å²) in [6, 6.07) is 9.47. The summed E-state index contributed by atoms with van der Waals surface area (Å²) in [6.45, 7) is 4.43. The van der Waals surface area contributed by atoms with Crippen LogP contribution in [0.5, 0.6) is 0 Å². The van der Waals surface area contributed by atoms with Gasteiger partial charge in [0.2, 0.25) is 0 Å². The third-order valence-corrected chi connectivity index (χ3v) is 5.25.